The predicted octanol–water partition coefficient (Wildman–Crippen LogP) is 4.26. The third kappa shape index (κ3) is 4.28. The van der Waals surface area contributed by atoms with E-state index in [4.69, 9.17) is 0 Å². The molecule has 1 aromatic heterocycles. The molecule has 0 unspecified atom stereocenters. The van der Waals surface area contributed by atoms with Gasteiger partial charge in [0.15, 0.2) is 0 Å². The molecule has 0 aliphatic rings. The zero-order valence-electron chi connectivity index (χ0n) is 12.3. The van der Waals surface area contributed by atoms with Crippen LogP contribution in [0.3, 0.4) is 0 Å². The number of benzene rings is 2. The fraction of sp³-hybridized carbons (Fsp3) is 0. The van der Waals surface area contributed by atoms with Crippen molar-refractivity contribution in [2.45, 2.75) is 0 Å². The van der Waals surface area contributed by atoms with Gasteiger partial charge in [0.1, 0.15) is 0 Å². The molecule has 0 atom stereocenters. The molecular weight excluding hydrogens is 306 g/mol. The highest BCUT2D eigenvalue weighted by atomic mass is 32.1. The quantitative estimate of drug-likeness (QED) is 0.545. The number of amides is 1. The normalized spacial score (nSPS) is 10.6. The molecule has 0 bridgehead atoms. The van der Waals surface area contributed by atoms with E-state index in [-0.39, 0.29) is 5.91 Å². The zero-order chi connectivity index (χ0) is 15.9. The first kappa shape index (κ1) is 15.0. The van der Waals surface area contributed by atoms with Gasteiger partial charge >= 0.3 is 0 Å². The Morgan fingerprint density at radius 2 is 1.65 bits per heavy atom. The maximum absolute atomic E-state index is 11.7. The smallest absolute Gasteiger partial charge is 0.281 e. The molecule has 0 radical (unpaired) electrons. The van der Waals surface area contributed by atoms with E-state index < -0.39 is 0 Å². The van der Waals surface area contributed by atoms with Crippen molar-refractivity contribution < 1.29 is 4.79 Å². The van der Waals surface area contributed by atoms with Gasteiger partial charge in [0.2, 0.25) is 0 Å². The number of hydrazone groups is 1. The lowest BCUT2D eigenvalue weighted by Gasteiger charge is -2.06. The van der Waals surface area contributed by atoms with Crippen LogP contribution >= 0.6 is 11.3 Å². The minimum Gasteiger partial charge on any atom is -0.356 e. The van der Waals surface area contributed by atoms with Crippen LogP contribution in [-0.4, -0.2) is 12.1 Å². The fourth-order valence-electron chi connectivity index (χ4n) is 1.97. The lowest BCUT2D eigenvalue weighted by atomic mass is 10.2. The van der Waals surface area contributed by atoms with Crippen molar-refractivity contribution in [3.63, 3.8) is 0 Å². The molecule has 1 heterocycles. The number of carbonyl (C=O) groups excluding carboxylic acids is 1. The van der Waals surface area contributed by atoms with Crippen LogP contribution < -0.4 is 10.7 Å². The molecule has 2 N–H and O–H groups in total. The van der Waals surface area contributed by atoms with E-state index in [2.05, 4.69) is 15.8 Å². The Labute approximate surface area is 138 Å². The van der Waals surface area contributed by atoms with Crippen LogP contribution in [-0.2, 0) is 0 Å². The first-order valence-corrected chi connectivity index (χ1v) is 7.98. The number of hydrogen-bond acceptors (Lipinski definition) is 4. The van der Waals surface area contributed by atoms with Crippen LogP contribution in [0.5, 0.6) is 0 Å². The van der Waals surface area contributed by atoms with Gasteiger partial charge in [-0.1, -0.05) is 36.4 Å². The number of nitrogens with one attached hydrogen (secondary N) is 2. The molecule has 0 aliphatic heterocycles. The molecule has 0 saturated heterocycles. The number of thiophene rings is 1. The highest BCUT2D eigenvalue weighted by molar-refractivity contribution is 7.12. The fourth-order valence-corrected chi connectivity index (χ4v) is 2.58. The third-order valence-electron chi connectivity index (χ3n) is 3.10. The largest absolute Gasteiger partial charge is 0.356 e. The molecule has 3 aromatic rings. The highest BCUT2D eigenvalue weighted by Crippen LogP contribution is 2.16. The average Bonchev–Trinajstić information content (AvgIpc) is 3.12. The second-order valence-corrected chi connectivity index (χ2v) is 5.74. The van der Waals surface area contributed by atoms with Crippen molar-refractivity contribution in [1.29, 1.82) is 0 Å². The lowest BCUT2D eigenvalue weighted by molar-refractivity contribution is 0.0959. The van der Waals surface area contributed by atoms with E-state index in [9.17, 15) is 4.79 Å². The van der Waals surface area contributed by atoms with Crippen molar-refractivity contribution in [3.8, 4) is 0 Å². The topological polar surface area (TPSA) is 53.5 Å². The van der Waals surface area contributed by atoms with E-state index in [1.165, 1.54) is 11.3 Å². The molecule has 0 fully saturated rings. The Bertz CT molecular complexity index is 781. The van der Waals surface area contributed by atoms with Gasteiger partial charge in [-0.2, -0.15) is 5.10 Å². The maximum Gasteiger partial charge on any atom is 0.281 e. The summed E-state index contributed by atoms with van der Waals surface area (Å²) in [6, 6.07) is 21.4. The van der Waals surface area contributed by atoms with E-state index in [0.29, 0.717) is 4.88 Å². The first-order chi connectivity index (χ1) is 11.3. The van der Waals surface area contributed by atoms with Crippen LogP contribution in [0.25, 0.3) is 0 Å². The lowest BCUT2D eigenvalue weighted by Crippen LogP contribution is -2.16. The molecule has 114 valence electrons. The van der Waals surface area contributed by atoms with E-state index >= 15 is 0 Å². The van der Waals surface area contributed by atoms with Crippen molar-refractivity contribution in [2.24, 2.45) is 5.10 Å². The van der Waals surface area contributed by atoms with Crippen LogP contribution in [0.2, 0.25) is 0 Å². The van der Waals surface area contributed by atoms with Crippen molar-refractivity contribution in [1.82, 2.24) is 5.43 Å². The van der Waals surface area contributed by atoms with Gasteiger partial charge in [-0.15, -0.1) is 11.3 Å². The van der Waals surface area contributed by atoms with Gasteiger partial charge < -0.3 is 5.32 Å². The molecule has 0 spiro atoms. The number of hydrogen-bond donors (Lipinski definition) is 2. The Morgan fingerprint density at radius 1 is 0.913 bits per heavy atom. The maximum atomic E-state index is 11.7. The minimum atomic E-state index is -0.196. The molecule has 23 heavy (non-hydrogen) atoms. The van der Waals surface area contributed by atoms with Crippen molar-refractivity contribution in [3.05, 3.63) is 82.6 Å². The summed E-state index contributed by atoms with van der Waals surface area (Å²) >= 11 is 1.39. The molecular formula is C18H15N3OS. The van der Waals surface area contributed by atoms with Crippen LogP contribution in [0.15, 0.2) is 77.2 Å². The molecule has 0 saturated carbocycles. The van der Waals surface area contributed by atoms with Crippen molar-refractivity contribution >= 4 is 34.8 Å². The van der Waals surface area contributed by atoms with E-state index in [0.717, 1.165) is 16.9 Å². The summed E-state index contributed by atoms with van der Waals surface area (Å²) in [6.07, 6.45) is 1.62. The SMILES string of the molecule is O=C(N/N=C\c1ccc(Nc2ccccc2)cc1)c1cccs1. The minimum absolute atomic E-state index is 0.196. The number of rotatable bonds is 5. The number of carbonyl (C=O) groups is 1. The molecule has 5 heteroatoms. The molecule has 0 aliphatic carbocycles. The summed E-state index contributed by atoms with van der Waals surface area (Å²) < 4.78 is 0. The standard InChI is InChI=1S/C18H15N3OS/c22-18(17-7-4-12-23-17)21-19-13-14-8-10-16(11-9-14)20-15-5-2-1-3-6-15/h1-13,20H,(H,21,22)/b19-13-. The Morgan fingerprint density at radius 3 is 2.35 bits per heavy atom. The summed E-state index contributed by atoms with van der Waals surface area (Å²) in [4.78, 5) is 12.4. The second-order valence-electron chi connectivity index (χ2n) is 4.79. The summed E-state index contributed by atoms with van der Waals surface area (Å²) in [6.45, 7) is 0. The predicted molar refractivity (Wildman–Crippen MR) is 95.5 cm³/mol. The Balaban J connectivity index is 1.57. The van der Waals surface area contributed by atoms with Crippen molar-refractivity contribution in [2.75, 3.05) is 5.32 Å². The first-order valence-electron chi connectivity index (χ1n) is 7.10. The molecule has 4 nitrogen and oxygen atoms in total. The van der Waals surface area contributed by atoms with E-state index in [1.54, 1.807) is 12.3 Å². The van der Waals surface area contributed by atoms with E-state index in [1.807, 2.05) is 66.0 Å². The average molecular weight is 321 g/mol. The number of nitrogens with zero attached hydrogens (tertiary/aromatic N) is 1. The van der Waals surface area contributed by atoms with Crippen LogP contribution in [0, 0.1) is 0 Å². The summed E-state index contributed by atoms with van der Waals surface area (Å²) in [5.74, 6) is -0.196. The summed E-state index contributed by atoms with van der Waals surface area (Å²) in [5.41, 5.74) is 5.46. The van der Waals surface area contributed by atoms with Gasteiger partial charge in [0, 0.05) is 11.4 Å². The Hall–Kier alpha value is -2.92. The van der Waals surface area contributed by atoms with Gasteiger partial charge in [0.05, 0.1) is 11.1 Å². The molecule has 1 amide bonds. The highest BCUT2D eigenvalue weighted by Gasteiger charge is 2.03. The van der Waals surface area contributed by atoms with Gasteiger partial charge in [-0.25, -0.2) is 5.43 Å². The van der Waals surface area contributed by atoms with Crippen LogP contribution in [0.1, 0.15) is 15.2 Å². The number of para-hydroxylation sites is 1. The zero-order valence-corrected chi connectivity index (χ0v) is 13.1. The van der Waals surface area contributed by atoms with Gasteiger partial charge in [-0.3, -0.25) is 4.79 Å². The summed E-state index contributed by atoms with van der Waals surface area (Å²) in [7, 11) is 0. The number of anilines is 2. The second kappa shape index (κ2) is 7.38. The summed E-state index contributed by atoms with van der Waals surface area (Å²) in [5, 5.41) is 9.14. The molecule has 2 aromatic carbocycles. The third-order valence-corrected chi connectivity index (χ3v) is 3.97. The monoisotopic (exact) mass is 321 g/mol. The van der Waals surface area contributed by atoms with Crippen LogP contribution in [0.4, 0.5) is 11.4 Å². The van der Waals surface area contributed by atoms with Gasteiger partial charge in [0.25, 0.3) is 5.91 Å². The van der Waals surface area contributed by atoms with Gasteiger partial charge in [-0.05, 0) is 41.3 Å². The Kier molecular flexibility index (Phi) is 4.81. The molecule has 3 rings (SSSR count).